The summed E-state index contributed by atoms with van der Waals surface area (Å²) in [6.07, 6.45) is 0.521. The first-order chi connectivity index (χ1) is 6.98. The molecule has 15 heavy (non-hydrogen) atoms. The SMILES string of the molecule is COc1ccc(Cl)cc1CC(C)(N)CO. The van der Waals surface area contributed by atoms with Gasteiger partial charge in [-0.05, 0) is 37.1 Å². The van der Waals surface area contributed by atoms with E-state index in [0.29, 0.717) is 11.4 Å². The molecule has 0 saturated heterocycles. The van der Waals surface area contributed by atoms with Crippen molar-refractivity contribution in [3.63, 3.8) is 0 Å². The maximum atomic E-state index is 9.09. The van der Waals surface area contributed by atoms with Crippen LogP contribution >= 0.6 is 11.6 Å². The van der Waals surface area contributed by atoms with E-state index in [4.69, 9.17) is 27.2 Å². The smallest absolute Gasteiger partial charge is 0.122 e. The van der Waals surface area contributed by atoms with E-state index in [9.17, 15) is 0 Å². The number of ether oxygens (including phenoxy) is 1. The summed E-state index contributed by atoms with van der Waals surface area (Å²) in [6.45, 7) is 1.70. The molecule has 0 aliphatic rings. The minimum atomic E-state index is -0.655. The molecule has 1 atom stereocenters. The largest absolute Gasteiger partial charge is 0.496 e. The highest BCUT2D eigenvalue weighted by Crippen LogP contribution is 2.25. The molecule has 1 aromatic carbocycles. The second-order valence-electron chi connectivity index (χ2n) is 3.95. The Morgan fingerprint density at radius 2 is 2.20 bits per heavy atom. The predicted molar refractivity (Wildman–Crippen MR) is 61.4 cm³/mol. The van der Waals surface area contributed by atoms with E-state index < -0.39 is 5.54 Å². The second-order valence-corrected chi connectivity index (χ2v) is 4.38. The maximum Gasteiger partial charge on any atom is 0.122 e. The van der Waals surface area contributed by atoms with Crippen LogP contribution in [-0.2, 0) is 6.42 Å². The van der Waals surface area contributed by atoms with Crippen molar-refractivity contribution in [2.45, 2.75) is 18.9 Å². The quantitative estimate of drug-likeness (QED) is 0.825. The zero-order chi connectivity index (χ0) is 11.5. The van der Waals surface area contributed by atoms with Gasteiger partial charge in [-0.1, -0.05) is 11.6 Å². The van der Waals surface area contributed by atoms with Crippen molar-refractivity contribution in [2.75, 3.05) is 13.7 Å². The van der Waals surface area contributed by atoms with Crippen molar-refractivity contribution in [2.24, 2.45) is 5.73 Å². The van der Waals surface area contributed by atoms with E-state index in [2.05, 4.69) is 0 Å². The first-order valence-electron chi connectivity index (χ1n) is 4.70. The highest BCUT2D eigenvalue weighted by atomic mass is 35.5. The average Bonchev–Trinajstić information content (AvgIpc) is 2.18. The molecule has 0 radical (unpaired) electrons. The first kappa shape index (κ1) is 12.3. The monoisotopic (exact) mass is 229 g/mol. The van der Waals surface area contributed by atoms with Crippen LogP contribution in [0.4, 0.5) is 0 Å². The Labute approximate surface area is 94.8 Å². The third kappa shape index (κ3) is 3.38. The van der Waals surface area contributed by atoms with E-state index in [1.165, 1.54) is 0 Å². The summed E-state index contributed by atoms with van der Waals surface area (Å²) in [5, 5.41) is 9.73. The van der Waals surface area contributed by atoms with Crippen LogP contribution in [0.15, 0.2) is 18.2 Å². The fourth-order valence-electron chi connectivity index (χ4n) is 1.38. The fraction of sp³-hybridized carbons (Fsp3) is 0.455. The van der Waals surface area contributed by atoms with Crippen molar-refractivity contribution in [3.8, 4) is 5.75 Å². The number of hydrogen-bond donors (Lipinski definition) is 2. The minimum absolute atomic E-state index is 0.0807. The van der Waals surface area contributed by atoms with Crippen molar-refractivity contribution >= 4 is 11.6 Å². The molecule has 4 heteroatoms. The molecule has 1 unspecified atom stereocenters. The topological polar surface area (TPSA) is 55.5 Å². The fourth-order valence-corrected chi connectivity index (χ4v) is 1.57. The predicted octanol–water partition coefficient (Wildman–Crippen LogP) is 1.60. The normalized spacial score (nSPS) is 14.7. The van der Waals surface area contributed by atoms with Crippen molar-refractivity contribution in [1.82, 2.24) is 0 Å². The molecule has 0 spiro atoms. The Morgan fingerprint density at radius 3 is 2.73 bits per heavy atom. The number of benzene rings is 1. The number of aliphatic hydroxyl groups is 1. The van der Waals surface area contributed by atoms with Crippen LogP contribution in [-0.4, -0.2) is 24.4 Å². The Balaban J connectivity index is 2.97. The summed E-state index contributed by atoms with van der Waals surface area (Å²) in [7, 11) is 1.60. The van der Waals surface area contributed by atoms with Crippen LogP contribution < -0.4 is 10.5 Å². The summed E-state index contributed by atoms with van der Waals surface area (Å²) in [5.74, 6) is 0.740. The third-order valence-corrected chi connectivity index (χ3v) is 2.43. The van der Waals surface area contributed by atoms with Crippen LogP contribution in [0, 0.1) is 0 Å². The molecular weight excluding hydrogens is 214 g/mol. The van der Waals surface area contributed by atoms with Gasteiger partial charge in [0.2, 0.25) is 0 Å². The second kappa shape index (κ2) is 4.84. The van der Waals surface area contributed by atoms with Crippen LogP contribution in [0.3, 0.4) is 0 Å². The number of methoxy groups -OCH3 is 1. The summed E-state index contributed by atoms with van der Waals surface area (Å²) in [4.78, 5) is 0. The van der Waals surface area contributed by atoms with Gasteiger partial charge in [-0.15, -0.1) is 0 Å². The van der Waals surface area contributed by atoms with Gasteiger partial charge >= 0.3 is 0 Å². The standard InChI is InChI=1S/C11H16ClNO2/c1-11(13,7-14)6-8-5-9(12)3-4-10(8)15-2/h3-5,14H,6-7,13H2,1-2H3. The van der Waals surface area contributed by atoms with Crippen molar-refractivity contribution in [3.05, 3.63) is 28.8 Å². The maximum absolute atomic E-state index is 9.09. The van der Waals surface area contributed by atoms with E-state index in [1.54, 1.807) is 32.2 Å². The van der Waals surface area contributed by atoms with Gasteiger partial charge < -0.3 is 15.6 Å². The number of hydrogen-bond acceptors (Lipinski definition) is 3. The highest BCUT2D eigenvalue weighted by molar-refractivity contribution is 6.30. The lowest BCUT2D eigenvalue weighted by Crippen LogP contribution is -2.42. The molecule has 0 fully saturated rings. The van der Waals surface area contributed by atoms with Crippen LogP contribution in [0.1, 0.15) is 12.5 Å². The van der Waals surface area contributed by atoms with E-state index in [-0.39, 0.29) is 6.61 Å². The highest BCUT2D eigenvalue weighted by Gasteiger charge is 2.20. The van der Waals surface area contributed by atoms with Gasteiger partial charge in [0.1, 0.15) is 5.75 Å². The Bertz CT molecular complexity index is 339. The zero-order valence-electron chi connectivity index (χ0n) is 8.96. The summed E-state index contributed by atoms with van der Waals surface area (Å²) in [6, 6.07) is 5.36. The molecule has 84 valence electrons. The van der Waals surface area contributed by atoms with Gasteiger partial charge in [0.05, 0.1) is 13.7 Å². The molecule has 0 aliphatic heterocycles. The van der Waals surface area contributed by atoms with Gasteiger partial charge in [0.25, 0.3) is 0 Å². The summed E-state index contributed by atoms with van der Waals surface area (Å²) >= 11 is 5.89. The lowest BCUT2D eigenvalue weighted by Gasteiger charge is -2.22. The molecule has 0 aliphatic carbocycles. The molecule has 0 bridgehead atoms. The molecule has 3 nitrogen and oxygen atoms in total. The van der Waals surface area contributed by atoms with Crippen LogP contribution in [0.25, 0.3) is 0 Å². The van der Waals surface area contributed by atoms with Gasteiger partial charge in [-0.3, -0.25) is 0 Å². The molecular formula is C11H16ClNO2. The molecule has 1 rings (SSSR count). The Morgan fingerprint density at radius 1 is 1.53 bits per heavy atom. The van der Waals surface area contributed by atoms with Crippen molar-refractivity contribution in [1.29, 1.82) is 0 Å². The average molecular weight is 230 g/mol. The zero-order valence-corrected chi connectivity index (χ0v) is 9.71. The van der Waals surface area contributed by atoms with Gasteiger partial charge in [-0.2, -0.15) is 0 Å². The van der Waals surface area contributed by atoms with Crippen LogP contribution in [0.5, 0.6) is 5.75 Å². The number of aliphatic hydroxyl groups excluding tert-OH is 1. The molecule has 0 aromatic heterocycles. The van der Waals surface area contributed by atoms with Crippen LogP contribution in [0.2, 0.25) is 5.02 Å². The van der Waals surface area contributed by atoms with E-state index in [0.717, 1.165) is 11.3 Å². The molecule has 3 N–H and O–H groups in total. The number of halogens is 1. The molecule has 0 heterocycles. The molecule has 1 aromatic rings. The van der Waals surface area contributed by atoms with Gasteiger partial charge in [0, 0.05) is 10.6 Å². The molecule has 0 saturated carbocycles. The Hall–Kier alpha value is -0.770. The lowest BCUT2D eigenvalue weighted by atomic mass is 9.94. The van der Waals surface area contributed by atoms with E-state index >= 15 is 0 Å². The Kier molecular flexibility index (Phi) is 3.97. The van der Waals surface area contributed by atoms with E-state index in [1.807, 2.05) is 0 Å². The summed E-state index contributed by atoms with van der Waals surface area (Å²) < 4.78 is 5.19. The van der Waals surface area contributed by atoms with Gasteiger partial charge in [-0.25, -0.2) is 0 Å². The van der Waals surface area contributed by atoms with Crippen molar-refractivity contribution < 1.29 is 9.84 Å². The third-order valence-electron chi connectivity index (χ3n) is 2.20. The molecule has 0 amide bonds. The summed E-state index contributed by atoms with van der Waals surface area (Å²) in [5.41, 5.74) is 6.12. The lowest BCUT2D eigenvalue weighted by molar-refractivity contribution is 0.207. The number of rotatable bonds is 4. The minimum Gasteiger partial charge on any atom is -0.496 e. The number of nitrogens with two attached hydrogens (primary N) is 1. The van der Waals surface area contributed by atoms with Gasteiger partial charge in [0.15, 0.2) is 0 Å². The first-order valence-corrected chi connectivity index (χ1v) is 5.08.